The van der Waals surface area contributed by atoms with Crippen LogP contribution < -0.4 is 16.4 Å². The van der Waals surface area contributed by atoms with Crippen LogP contribution in [0.3, 0.4) is 0 Å². The summed E-state index contributed by atoms with van der Waals surface area (Å²) in [6.45, 7) is 1.73. The molecule has 0 bridgehead atoms. The molecule has 0 saturated heterocycles. The van der Waals surface area contributed by atoms with Gasteiger partial charge < -0.3 is 16.4 Å². The SMILES string of the molecule is C/C(=N/N=C(N)N)c1cn(S(=O)(=O)c2cccc3c(N(C)C)cccc23)c2ccccc12. The number of anilines is 1. The van der Waals surface area contributed by atoms with Crippen molar-refractivity contribution in [1.29, 1.82) is 0 Å². The van der Waals surface area contributed by atoms with Crippen molar-refractivity contribution in [2.75, 3.05) is 19.0 Å². The molecule has 0 amide bonds. The topological polar surface area (TPSA) is 119 Å². The van der Waals surface area contributed by atoms with Crippen molar-refractivity contribution >= 4 is 49.1 Å². The predicted molar refractivity (Wildman–Crippen MR) is 131 cm³/mol. The second-order valence-corrected chi connectivity index (χ2v) is 9.38. The molecule has 4 aromatic rings. The molecule has 0 aliphatic heterocycles. The molecule has 9 heteroatoms. The average Bonchev–Trinajstić information content (AvgIpc) is 3.17. The Hall–Kier alpha value is -3.85. The highest BCUT2D eigenvalue weighted by atomic mass is 32.2. The van der Waals surface area contributed by atoms with E-state index in [9.17, 15) is 8.42 Å². The first-order valence-electron chi connectivity index (χ1n) is 9.90. The van der Waals surface area contributed by atoms with Gasteiger partial charge in [0, 0.05) is 47.7 Å². The van der Waals surface area contributed by atoms with Crippen LogP contribution in [0.5, 0.6) is 0 Å². The van der Waals surface area contributed by atoms with Gasteiger partial charge in [0.25, 0.3) is 10.0 Å². The van der Waals surface area contributed by atoms with E-state index >= 15 is 0 Å². The van der Waals surface area contributed by atoms with E-state index in [-0.39, 0.29) is 10.9 Å². The van der Waals surface area contributed by atoms with E-state index in [4.69, 9.17) is 11.5 Å². The summed E-state index contributed by atoms with van der Waals surface area (Å²) in [4.78, 5) is 2.19. The molecule has 32 heavy (non-hydrogen) atoms. The second-order valence-electron chi connectivity index (χ2n) is 7.59. The molecule has 0 aliphatic rings. The maximum Gasteiger partial charge on any atom is 0.268 e. The molecular weight excluding hydrogens is 424 g/mol. The number of fused-ring (bicyclic) bond motifs is 2. The van der Waals surface area contributed by atoms with Gasteiger partial charge >= 0.3 is 0 Å². The van der Waals surface area contributed by atoms with E-state index < -0.39 is 10.0 Å². The quantitative estimate of drug-likeness (QED) is 0.276. The highest BCUT2D eigenvalue weighted by Gasteiger charge is 2.24. The summed E-state index contributed by atoms with van der Waals surface area (Å²) in [7, 11) is -0.0588. The Kier molecular flexibility index (Phi) is 5.35. The van der Waals surface area contributed by atoms with Gasteiger partial charge in [-0.2, -0.15) is 5.10 Å². The Labute approximate surface area is 186 Å². The molecular formula is C23H24N6O2S. The first-order chi connectivity index (χ1) is 15.2. The number of guanidine groups is 1. The van der Waals surface area contributed by atoms with Gasteiger partial charge in [0.05, 0.1) is 16.1 Å². The monoisotopic (exact) mass is 448 g/mol. The van der Waals surface area contributed by atoms with Crippen molar-refractivity contribution in [3.63, 3.8) is 0 Å². The van der Waals surface area contributed by atoms with Crippen molar-refractivity contribution in [3.8, 4) is 0 Å². The lowest BCUT2D eigenvalue weighted by Crippen LogP contribution is -2.22. The fraction of sp³-hybridized carbons (Fsp3) is 0.130. The Morgan fingerprint density at radius 2 is 1.53 bits per heavy atom. The van der Waals surface area contributed by atoms with Crippen molar-refractivity contribution < 1.29 is 8.42 Å². The molecule has 1 aromatic heterocycles. The van der Waals surface area contributed by atoms with Crippen molar-refractivity contribution in [1.82, 2.24) is 3.97 Å². The molecule has 8 nitrogen and oxygen atoms in total. The van der Waals surface area contributed by atoms with Crippen LogP contribution in [-0.2, 0) is 10.0 Å². The average molecular weight is 449 g/mol. The summed E-state index contributed by atoms with van der Waals surface area (Å²) in [5.41, 5.74) is 13.4. The molecule has 0 aliphatic carbocycles. The first-order valence-corrected chi connectivity index (χ1v) is 11.3. The summed E-state index contributed by atoms with van der Waals surface area (Å²) in [6, 6.07) is 18.2. The summed E-state index contributed by atoms with van der Waals surface area (Å²) in [5.74, 6) is -0.173. The molecule has 4 rings (SSSR count). The van der Waals surface area contributed by atoms with Crippen LogP contribution in [0.1, 0.15) is 12.5 Å². The third-order valence-electron chi connectivity index (χ3n) is 5.26. The summed E-state index contributed by atoms with van der Waals surface area (Å²) < 4.78 is 29.1. The van der Waals surface area contributed by atoms with Gasteiger partial charge in [-0.25, -0.2) is 12.4 Å². The number of nitrogens with two attached hydrogens (primary N) is 2. The minimum atomic E-state index is -3.92. The lowest BCUT2D eigenvalue weighted by Gasteiger charge is -2.17. The molecule has 0 spiro atoms. The minimum absolute atomic E-state index is 0.173. The fourth-order valence-electron chi connectivity index (χ4n) is 3.81. The third kappa shape index (κ3) is 3.56. The lowest BCUT2D eigenvalue weighted by atomic mass is 10.1. The maximum atomic E-state index is 13.9. The fourth-order valence-corrected chi connectivity index (χ4v) is 5.39. The van der Waals surface area contributed by atoms with Crippen LogP contribution in [0, 0.1) is 0 Å². The van der Waals surface area contributed by atoms with Crippen molar-refractivity contribution in [2.45, 2.75) is 11.8 Å². The molecule has 0 saturated carbocycles. The normalized spacial score (nSPS) is 12.3. The highest BCUT2D eigenvalue weighted by Crippen LogP contribution is 2.33. The first kappa shape index (κ1) is 21.4. The van der Waals surface area contributed by atoms with Crippen LogP contribution in [-0.4, -0.2) is 38.2 Å². The van der Waals surface area contributed by atoms with Gasteiger partial charge in [-0.05, 0) is 25.1 Å². The number of aromatic nitrogens is 1. The van der Waals surface area contributed by atoms with E-state index in [0.29, 0.717) is 22.2 Å². The summed E-state index contributed by atoms with van der Waals surface area (Å²) >= 11 is 0. The van der Waals surface area contributed by atoms with Gasteiger partial charge in [-0.1, -0.05) is 42.5 Å². The minimum Gasteiger partial charge on any atom is -0.377 e. The van der Waals surface area contributed by atoms with Gasteiger partial charge in [0.1, 0.15) is 0 Å². The zero-order valence-electron chi connectivity index (χ0n) is 18.0. The molecule has 0 fully saturated rings. The van der Waals surface area contributed by atoms with Crippen LogP contribution in [0.15, 0.2) is 82.0 Å². The molecule has 0 radical (unpaired) electrons. The smallest absolute Gasteiger partial charge is 0.268 e. The molecule has 164 valence electrons. The molecule has 0 atom stereocenters. The van der Waals surface area contributed by atoms with E-state index in [0.717, 1.165) is 16.5 Å². The van der Waals surface area contributed by atoms with Crippen LogP contribution in [0.2, 0.25) is 0 Å². The molecule has 0 unspecified atom stereocenters. The summed E-state index contributed by atoms with van der Waals surface area (Å²) in [5, 5.41) is 9.99. The zero-order chi connectivity index (χ0) is 23.0. The number of hydrogen-bond donors (Lipinski definition) is 2. The number of para-hydroxylation sites is 1. The van der Waals surface area contributed by atoms with Gasteiger partial charge in [-0.3, -0.25) is 0 Å². The predicted octanol–water partition coefficient (Wildman–Crippen LogP) is 3.09. The van der Waals surface area contributed by atoms with E-state index in [2.05, 4.69) is 10.2 Å². The Bertz CT molecular complexity index is 1500. The second kappa shape index (κ2) is 8.01. The van der Waals surface area contributed by atoms with Crippen molar-refractivity contribution in [3.05, 3.63) is 72.4 Å². The largest absolute Gasteiger partial charge is 0.377 e. The van der Waals surface area contributed by atoms with Gasteiger partial charge in [0.2, 0.25) is 5.96 Å². The number of hydrogen-bond acceptors (Lipinski definition) is 5. The Morgan fingerprint density at radius 3 is 2.25 bits per heavy atom. The lowest BCUT2D eigenvalue weighted by molar-refractivity contribution is 0.590. The Morgan fingerprint density at radius 1 is 0.875 bits per heavy atom. The Balaban J connectivity index is 1.99. The third-order valence-corrected chi connectivity index (χ3v) is 6.99. The molecule has 1 heterocycles. The van der Waals surface area contributed by atoms with Crippen LogP contribution in [0.25, 0.3) is 21.7 Å². The number of nitrogens with zero attached hydrogens (tertiary/aromatic N) is 4. The van der Waals surface area contributed by atoms with Gasteiger partial charge in [-0.15, -0.1) is 5.10 Å². The molecule has 3 aromatic carbocycles. The van der Waals surface area contributed by atoms with Crippen LogP contribution >= 0.6 is 0 Å². The maximum absolute atomic E-state index is 13.9. The van der Waals surface area contributed by atoms with Gasteiger partial charge in [0.15, 0.2) is 0 Å². The van der Waals surface area contributed by atoms with E-state index in [1.807, 2.05) is 55.4 Å². The number of rotatable bonds is 5. The summed E-state index contributed by atoms with van der Waals surface area (Å²) in [6.07, 6.45) is 1.57. The molecule has 4 N–H and O–H groups in total. The van der Waals surface area contributed by atoms with E-state index in [1.165, 1.54) is 3.97 Å². The number of benzene rings is 3. The zero-order valence-corrected chi connectivity index (χ0v) is 18.8. The standard InChI is InChI=1S/C23H24N6O2S/c1-15(26-27-23(24)25)19-14-29(21-11-5-4-8-17(19)21)32(30,31)22-13-7-9-16-18(22)10-6-12-20(16)28(2)3/h4-14H,1-3H3,(H4,24,25,27)/b26-15-. The van der Waals surface area contributed by atoms with E-state index in [1.54, 1.807) is 37.4 Å². The highest BCUT2D eigenvalue weighted by molar-refractivity contribution is 7.90. The van der Waals surface area contributed by atoms with Crippen LogP contribution in [0.4, 0.5) is 5.69 Å². The van der Waals surface area contributed by atoms with Crippen molar-refractivity contribution in [2.24, 2.45) is 21.7 Å².